The third-order valence-electron chi connectivity index (χ3n) is 2.29. The van der Waals surface area contributed by atoms with Gasteiger partial charge in [0.15, 0.2) is 0 Å². The Hall–Kier alpha value is -0.120. The van der Waals surface area contributed by atoms with Crippen LogP contribution in [0.4, 0.5) is 0 Å². The highest BCUT2D eigenvalue weighted by molar-refractivity contribution is 4.65. The summed E-state index contributed by atoms with van der Waals surface area (Å²) in [7, 11) is 0. The molecule has 3 heteroatoms. The average Bonchev–Trinajstić information content (AvgIpc) is 2.02. The Balaban J connectivity index is 3.60. The van der Waals surface area contributed by atoms with Gasteiger partial charge in [-0.15, -0.1) is 0 Å². The first-order valence-corrected chi connectivity index (χ1v) is 5.62. The van der Waals surface area contributed by atoms with Crippen LogP contribution in [0.2, 0.25) is 0 Å². The number of nitrogens with two attached hydrogens (primary N) is 2. The van der Waals surface area contributed by atoms with Gasteiger partial charge < -0.3 is 16.4 Å². The van der Waals surface area contributed by atoms with E-state index in [0.717, 1.165) is 32.7 Å². The van der Waals surface area contributed by atoms with Crippen LogP contribution in [0.5, 0.6) is 0 Å². The van der Waals surface area contributed by atoms with Crippen LogP contribution in [-0.2, 0) is 0 Å². The van der Waals surface area contributed by atoms with E-state index in [1.807, 2.05) is 0 Å². The molecule has 0 spiro atoms. The van der Waals surface area contributed by atoms with Crippen molar-refractivity contribution in [3.8, 4) is 0 Å². The second kappa shape index (κ2) is 7.21. The third-order valence-corrected chi connectivity index (χ3v) is 2.29. The second-order valence-electron chi connectivity index (χ2n) is 5.08. The minimum absolute atomic E-state index is 0.442. The maximum Gasteiger partial charge on any atom is 0.0105 e. The van der Waals surface area contributed by atoms with Crippen molar-refractivity contribution in [3.63, 3.8) is 0 Å². The van der Waals surface area contributed by atoms with Crippen molar-refractivity contribution in [1.82, 2.24) is 4.90 Å². The van der Waals surface area contributed by atoms with Crippen LogP contribution in [0.25, 0.3) is 0 Å². The molecule has 0 aromatic heterocycles. The molecule has 0 amide bonds. The molecule has 0 saturated heterocycles. The molecule has 0 aliphatic rings. The van der Waals surface area contributed by atoms with Gasteiger partial charge in [-0.1, -0.05) is 20.8 Å². The minimum Gasteiger partial charge on any atom is -0.329 e. The molecule has 0 rings (SSSR count). The normalized spacial score (nSPS) is 12.4. The van der Waals surface area contributed by atoms with Gasteiger partial charge in [-0.2, -0.15) is 0 Å². The highest BCUT2D eigenvalue weighted by Gasteiger charge is 2.10. The summed E-state index contributed by atoms with van der Waals surface area (Å²) >= 11 is 0. The molecule has 0 fully saturated rings. The summed E-state index contributed by atoms with van der Waals surface area (Å²) in [5, 5.41) is 0. The van der Waals surface area contributed by atoms with Crippen molar-refractivity contribution < 1.29 is 0 Å². The Labute approximate surface area is 88.8 Å². The molecular formula is C11H27N3. The van der Waals surface area contributed by atoms with Gasteiger partial charge in [0.2, 0.25) is 0 Å². The Morgan fingerprint density at radius 3 is 1.79 bits per heavy atom. The molecule has 0 heterocycles. The molecule has 4 N–H and O–H groups in total. The zero-order valence-electron chi connectivity index (χ0n) is 10.1. The summed E-state index contributed by atoms with van der Waals surface area (Å²) in [6.45, 7) is 11.4. The maximum absolute atomic E-state index is 5.53. The van der Waals surface area contributed by atoms with Crippen LogP contribution in [0.1, 0.15) is 33.6 Å². The van der Waals surface area contributed by atoms with E-state index < -0.39 is 0 Å². The summed E-state index contributed by atoms with van der Waals surface area (Å²) in [6.07, 6.45) is 2.50. The molecule has 86 valence electrons. The summed E-state index contributed by atoms with van der Waals surface area (Å²) < 4.78 is 0. The van der Waals surface area contributed by atoms with E-state index in [0.29, 0.717) is 5.41 Å². The number of rotatable bonds is 7. The van der Waals surface area contributed by atoms with E-state index in [1.54, 1.807) is 0 Å². The van der Waals surface area contributed by atoms with E-state index in [2.05, 4.69) is 25.7 Å². The van der Waals surface area contributed by atoms with E-state index in [9.17, 15) is 0 Å². The number of hydrogen-bond donors (Lipinski definition) is 2. The molecular weight excluding hydrogens is 174 g/mol. The van der Waals surface area contributed by atoms with E-state index in [1.165, 1.54) is 12.8 Å². The molecule has 0 bridgehead atoms. The molecule has 0 aromatic carbocycles. The Morgan fingerprint density at radius 2 is 1.43 bits per heavy atom. The van der Waals surface area contributed by atoms with Gasteiger partial charge >= 0.3 is 0 Å². The van der Waals surface area contributed by atoms with Crippen LogP contribution in [0.15, 0.2) is 0 Å². The van der Waals surface area contributed by atoms with Crippen molar-refractivity contribution in [2.45, 2.75) is 33.6 Å². The van der Waals surface area contributed by atoms with Gasteiger partial charge in [-0.25, -0.2) is 0 Å². The minimum atomic E-state index is 0.442. The summed E-state index contributed by atoms with van der Waals surface area (Å²) in [4.78, 5) is 2.35. The molecule has 0 unspecified atom stereocenters. The molecule has 0 saturated carbocycles. The van der Waals surface area contributed by atoms with E-state index >= 15 is 0 Å². The van der Waals surface area contributed by atoms with Crippen LogP contribution >= 0.6 is 0 Å². The summed E-state index contributed by atoms with van der Waals surface area (Å²) in [6, 6.07) is 0. The van der Waals surface area contributed by atoms with Gasteiger partial charge in [-0.3, -0.25) is 0 Å². The van der Waals surface area contributed by atoms with Crippen LogP contribution in [-0.4, -0.2) is 37.6 Å². The predicted molar refractivity (Wildman–Crippen MR) is 63.2 cm³/mol. The average molecular weight is 201 g/mol. The number of hydrogen-bond acceptors (Lipinski definition) is 3. The van der Waals surface area contributed by atoms with Gasteiger partial charge in [0.1, 0.15) is 0 Å². The first-order valence-electron chi connectivity index (χ1n) is 5.62. The predicted octanol–water partition coefficient (Wildman–Crippen LogP) is 1.03. The van der Waals surface area contributed by atoms with Gasteiger partial charge in [0.05, 0.1) is 0 Å². The van der Waals surface area contributed by atoms with Crippen molar-refractivity contribution >= 4 is 0 Å². The fraction of sp³-hybridized carbons (Fsp3) is 1.00. The van der Waals surface area contributed by atoms with Gasteiger partial charge in [0, 0.05) is 26.2 Å². The second-order valence-corrected chi connectivity index (χ2v) is 5.08. The molecule has 3 nitrogen and oxygen atoms in total. The fourth-order valence-corrected chi connectivity index (χ4v) is 1.53. The smallest absolute Gasteiger partial charge is 0.0105 e. The highest BCUT2D eigenvalue weighted by Crippen LogP contribution is 2.20. The fourth-order valence-electron chi connectivity index (χ4n) is 1.53. The number of nitrogens with zero attached hydrogens (tertiary/aromatic N) is 1. The van der Waals surface area contributed by atoms with Gasteiger partial charge in [-0.05, 0) is 24.8 Å². The zero-order chi connectivity index (χ0) is 11.0. The van der Waals surface area contributed by atoms with Gasteiger partial charge in [0.25, 0.3) is 0 Å². The lowest BCUT2D eigenvalue weighted by Gasteiger charge is -2.23. The largest absolute Gasteiger partial charge is 0.329 e. The lowest BCUT2D eigenvalue weighted by atomic mass is 9.90. The monoisotopic (exact) mass is 201 g/mol. The van der Waals surface area contributed by atoms with Crippen molar-refractivity contribution in [1.29, 1.82) is 0 Å². The van der Waals surface area contributed by atoms with Crippen molar-refractivity contribution in [2.24, 2.45) is 16.9 Å². The topological polar surface area (TPSA) is 55.3 Å². The van der Waals surface area contributed by atoms with Crippen molar-refractivity contribution in [2.75, 3.05) is 32.7 Å². The van der Waals surface area contributed by atoms with E-state index in [4.69, 9.17) is 11.5 Å². The Kier molecular flexibility index (Phi) is 7.15. The summed E-state index contributed by atoms with van der Waals surface area (Å²) in [5.74, 6) is 0. The van der Waals surface area contributed by atoms with Crippen LogP contribution in [0, 0.1) is 5.41 Å². The molecule has 0 aliphatic carbocycles. The molecule has 0 aromatic rings. The molecule has 14 heavy (non-hydrogen) atoms. The Morgan fingerprint density at radius 1 is 0.929 bits per heavy atom. The molecule has 0 radical (unpaired) electrons. The first kappa shape index (κ1) is 13.9. The summed E-state index contributed by atoms with van der Waals surface area (Å²) in [5.41, 5.74) is 11.5. The van der Waals surface area contributed by atoms with Crippen molar-refractivity contribution in [3.05, 3.63) is 0 Å². The van der Waals surface area contributed by atoms with Crippen LogP contribution < -0.4 is 11.5 Å². The highest BCUT2D eigenvalue weighted by atomic mass is 15.1. The maximum atomic E-state index is 5.53. The quantitative estimate of drug-likeness (QED) is 0.647. The third kappa shape index (κ3) is 8.48. The first-order chi connectivity index (χ1) is 6.49. The molecule has 0 aliphatic heterocycles. The standard InChI is InChI=1S/C11H27N3/c1-11(2,3)5-4-8-14(9-6-12)10-7-13/h4-10,12-13H2,1-3H3. The Bertz CT molecular complexity index is 123. The molecule has 0 atom stereocenters. The van der Waals surface area contributed by atoms with Crippen LogP contribution in [0.3, 0.4) is 0 Å². The lowest BCUT2D eigenvalue weighted by Crippen LogP contribution is -2.34. The lowest BCUT2D eigenvalue weighted by molar-refractivity contribution is 0.258. The zero-order valence-corrected chi connectivity index (χ0v) is 10.1. The van der Waals surface area contributed by atoms with E-state index in [-0.39, 0.29) is 0 Å². The SMILES string of the molecule is CC(C)(C)CCCN(CCN)CCN.